The van der Waals surface area contributed by atoms with E-state index in [0.29, 0.717) is 11.6 Å². The molecule has 1 aromatic heterocycles. The normalized spacial score (nSPS) is 11.4. The van der Waals surface area contributed by atoms with Crippen LogP contribution in [-0.4, -0.2) is 18.0 Å². The molecule has 1 N–H and O–H groups in total. The molecule has 0 unspecified atom stereocenters. The van der Waals surface area contributed by atoms with Crippen LogP contribution < -0.4 is 4.72 Å². The van der Waals surface area contributed by atoms with Crippen LogP contribution in [0.2, 0.25) is 5.02 Å². The molecule has 0 amide bonds. The summed E-state index contributed by atoms with van der Waals surface area (Å²) in [6, 6.07) is 14.3. The largest absolute Gasteiger partial charge is 0.312 e. The van der Waals surface area contributed by atoms with Gasteiger partial charge in [0.15, 0.2) is 0 Å². The number of aromatic nitrogens is 2. The van der Waals surface area contributed by atoms with Crippen LogP contribution in [-0.2, 0) is 23.0 Å². The van der Waals surface area contributed by atoms with Gasteiger partial charge < -0.3 is 4.57 Å². The van der Waals surface area contributed by atoms with Crippen LogP contribution in [0.3, 0.4) is 0 Å². The number of sulfonamides is 1. The summed E-state index contributed by atoms with van der Waals surface area (Å²) >= 11 is 6.18. The van der Waals surface area contributed by atoms with E-state index in [1.807, 2.05) is 31.2 Å². The van der Waals surface area contributed by atoms with Crippen molar-refractivity contribution >= 4 is 27.6 Å². The Bertz CT molecular complexity index is 983. The van der Waals surface area contributed by atoms with Gasteiger partial charge in [-0.2, -0.15) is 0 Å². The maximum absolute atomic E-state index is 12.6. The molecule has 7 heteroatoms. The molecule has 1 heterocycles. The molecule has 2 aromatic carbocycles. The Kier molecular flexibility index (Phi) is 5.11. The number of halogens is 1. The van der Waals surface area contributed by atoms with Gasteiger partial charge in [-0.25, -0.2) is 18.1 Å². The van der Waals surface area contributed by atoms with Crippen LogP contribution in [0.15, 0.2) is 65.8 Å². The molecule has 0 spiro atoms. The highest BCUT2D eigenvalue weighted by atomic mass is 35.5. The highest BCUT2D eigenvalue weighted by Crippen LogP contribution is 2.20. The Morgan fingerprint density at radius 1 is 1.16 bits per heavy atom. The molecule has 3 aromatic rings. The minimum atomic E-state index is -3.71. The number of rotatable bonds is 6. The lowest BCUT2D eigenvalue weighted by molar-refractivity contribution is 0.600. The Hall–Kier alpha value is -2.31. The summed E-state index contributed by atoms with van der Waals surface area (Å²) in [5, 5.41) is 0.626. The van der Waals surface area contributed by atoms with Gasteiger partial charge in [0.2, 0.25) is 5.95 Å². The monoisotopic (exact) mass is 375 g/mol. The maximum Gasteiger partial charge on any atom is 0.264 e. The molecule has 0 fully saturated rings. The third kappa shape index (κ3) is 4.03. The zero-order valence-corrected chi connectivity index (χ0v) is 15.3. The van der Waals surface area contributed by atoms with Crippen molar-refractivity contribution in [2.24, 2.45) is 0 Å². The standard InChI is InChI=1S/C18H18ClN3O2S/c1-2-14-6-5-8-16(12-14)25(23,24)21-18-20-10-11-22(18)13-15-7-3-4-9-17(15)19/h3-12H,2,13H2,1H3,(H,20,21). The van der Waals surface area contributed by atoms with Gasteiger partial charge in [0.25, 0.3) is 10.0 Å². The van der Waals surface area contributed by atoms with Crippen molar-refractivity contribution in [1.29, 1.82) is 0 Å². The molecule has 25 heavy (non-hydrogen) atoms. The number of benzene rings is 2. The average Bonchev–Trinajstić information content (AvgIpc) is 3.03. The van der Waals surface area contributed by atoms with E-state index in [1.54, 1.807) is 41.2 Å². The van der Waals surface area contributed by atoms with E-state index >= 15 is 0 Å². The lowest BCUT2D eigenvalue weighted by atomic mass is 10.2. The van der Waals surface area contributed by atoms with Crippen LogP contribution in [0.4, 0.5) is 5.95 Å². The molecule has 0 saturated carbocycles. The highest BCUT2D eigenvalue weighted by molar-refractivity contribution is 7.92. The Morgan fingerprint density at radius 2 is 1.96 bits per heavy atom. The summed E-state index contributed by atoms with van der Waals surface area (Å²) in [4.78, 5) is 4.35. The topological polar surface area (TPSA) is 64.0 Å². The van der Waals surface area contributed by atoms with Gasteiger partial charge in [0.1, 0.15) is 0 Å². The van der Waals surface area contributed by atoms with Gasteiger partial charge in [-0.15, -0.1) is 0 Å². The average molecular weight is 376 g/mol. The van der Waals surface area contributed by atoms with Crippen molar-refractivity contribution in [3.8, 4) is 0 Å². The first kappa shape index (κ1) is 17.5. The minimum Gasteiger partial charge on any atom is -0.312 e. The van der Waals surface area contributed by atoms with Gasteiger partial charge in [0.05, 0.1) is 11.4 Å². The molecule has 0 radical (unpaired) electrons. The van der Waals surface area contributed by atoms with E-state index in [4.69, 9.17) is 11.6 Å². The fourth-order valence-electron chi connectivity index (χ4n) is 2.46. The van der Waals surface area contributed by atoms with Gasteiger partial charge >= 0.3 is 0 Å². The van der Waals surface area contributed by atoms with Crippen molar-refractivity contribution in [2.75, 3.05) is 4.72 Å². The molecule has 130 valence electrons. The number of hydrogen-bond acceptors (Lipinski definition) is 3. The number of imidazole rings is 1. The summed E-state index contributed by atoms with van der Waals surface area (Å²) in [6.07, 6.45) is 4.03. The first-order valence-corrected chi connectivity index (χ1v) is 9.72. The van der Waals surface area contributed by atoms with Crippen LogP contribution in [0.1, 0.15) is 18.1 Å². The molecule has 0 bridgehead atoms. The SMILES string of the molecule is CCc1cccc(S(=O)(=O)Nc2nccn2Cc2ccccc2Cl)c1. The highest BCUT2D eigenvalue weighted by Gasteiger charge is 2.17. The van der Waals surface area contributed by atoms with E-state index in [1.165, 1.54) is 0 Å². The summed E-state index contributed by atoms with van der Waals surface area (Å²) < 4.78 is 29.6. The van der Waals surface area contributed by atoms with Crippen LogP contribution in [0.5, 0.6) is 0 Å². The summed E-state index contributed by atoms with van der Waals surface area (Å²) in [7, 11) is -3.71. The summed E-state index contributed by atoms with van der Waals surface area (Å²) in [6.45, 7) is 2.40. The first-order chi connectivity index (χ1) is 12.0. The van der Waals surface area contributed by atoms with Gasteiger partial charge in [0, 0.05) is 17.4 Å². The smallest absolute Gasteiger partial charge is 0.264 e. The Morgan fingerprint density at radius 3 is 2.72 bits per heavy atom. The van der Waals surface area contributed by atoms with Gasteiger partial charge in [-0.3, -0.25) is 0 Å². The minimum absolute atomic E-state index is 0.221. The van der Waals surface area contributed by atoms with Crippen LogP contribution >= 0.6 is 11.6 Å². The zero-order valence-electron chi connectivity index (χ0n) is 13.7. The molecule has 0 atom stereocenters. The fraction of sp³-hybridized carbons (Fsp3) is 0.167. The van der Waals surface area contributed by atoms with Crippen molar-refractivity contribution < 1.29 is 8.42 Å². The fourth-order valence-corrected chi connectivity index (χ4v) is 3.75. The van der Waals surface area contributed by atoms with E-state index < -0.39 is 10.0 Å². The number of hydrogen-bond donors (Lipinski definition) is 1. The molecule has 0 aliphatic heterocycles. The second-order valence-corrected chi connectivity index (χ2v) is 7.67. The quantitative estimate of drug-likeness (QED) is 0.709. The van der Waals surface area contributed by atoms with Crippen LogP contribution in [0, 0.1) is 0 Å². The van der Waals surface area contributed by atoms with Crippen molar-refractivity contribution in [3.63, 3.8) is 0 Å². The third-order valence-corrected chi connectivity index (χ3v) is 5.55. The Labute approximate surface area is 152 Å². The van der Waals surface area contributed by atoms with Gasteiger partial charge in [-0.05, 0) is 35.7 Å². The molecule has 5 nitrogen and oxygen atoms in total. The second-order valence-electron chi connectivity index (χ2n) is 5.58. The molecule has 0 saturated heterocycles. The number of nitrogens with zero attached hydrogens (tertiary/aromatic N) is 2. The molecule has 0 aliphatic rings. The zero-order chi connectivity index (χ0) is 17.9. The number of nitrogens with one attached hydrogen (secondary N) is 1. The summed E-state index contributed by atoms with van der Waals surface area (Å²) in [5.74, 6) is 0.252. The van der Waals surface area contributed by atoms with E-state index in [0.717, 1.165) is 17.5 Å². The van der Waals surface area contributed by atoms with Crippen LogP contribution in [0.25, 0.3) is 0 Å². The lowest BCUT2D eigenvalue weighted by Crippen LogP contribution is -2.17. The van der Waals surface area contributed by atoms with Crippen molar-refractivity contribution in [2.45, 2.75) is 24.8 Å². The molecule has 3 rings (SSSR count). The van der Waals surface area contributed by atoms with Crippen molar-refractivity contribution in [1.82, 2.24) is 9.55 Å². The van der Waals surface area contributed by atoms with E-state index in [9.17, 15) is 8.42 Å². The number of anilines is 1. The third-order valence-electron chi connectivity index (χ3n) is 3.86. The van der Waals surface area contributed by atoms with Crippen molar-refractivity contribution in [3.05, 3.63) is 77.1 Å². The summed E-state index contributed by atoms with van der Waals surface area (Å²) in [5.41, 5.74) is 1.85. The molecule has 0 aliphatic carbocycles. The first-order valence-electron chi connectivity index (χ1n) is 7.86. The van der Waals surface area contributed by atoms with Gasteiger partial charge in [-0.1, -0.05) is 48.9 Å². The number of aryl methyl sites for hydroxylation is 1. The Balaban J connectivity index is 1.86. The maximum atomic E-state index is 12.6. The molecular weight excluding hydrogens is 358 g/mol. The van der Waals surface area contributed by atoms with E-state index in [-0.39, 0.29) is 10.8 Å². The predicted octanol–water partition coefficient (Wildman–Crippen LogP) is 3.95. The predicted molar refractivity (Wildman–Crippen MR) is 99.4 cm³/mol. The molecular formula is C18H18ClN3O2S. The lowest BCUT2D eigenvalue weighted by Gasteiger charge is -2.12. The van der Waals surface area contributed by atoms with E-state index in [2.05, 4.69) is 9.71 Å². The second kappa shape index (κ2) is 7.29.